The Hall–Kier alpha value is -2.76. The normalized spacial score (nSPS) is 13.0. The number of aryl methyl sites for hydroxylation is 1. The Morgan fingerprint density at radius 1 is 1.22 bits per heavy atom. The van der Waals surface area contributed by atoms with Gasteiger partial charge in [0, 0.05) is 0 Å². The summed E-state index contributed by atoms with van der Waals surface area (Å²) in [5, 5.41) is 2.66. The third-order valence-electron chi connectivity index (χ3n) is 3.40. The lowest BCUT2D eigenvalue weighted by atomic mass is 10.0. The molecule has 0 aliphatic carbocycles. The first-order valence-corrected chi connectivity index (χ1v) is 7.09. The van der Waals surface area contributed by atoms with Crippen LogP contribution in [0.25, 0.3) is 0 Å². The summed E-state index contributed by atoms with van der Waals surface area (Å²) in [5.41, 5.74) is -0.967. The van der Waals surface area contributed by atoms with Gasteiger partial charge in [0.15, 0.2) is 5.54 Å². The third kappa shape index (κ3) is 3.91. The molecule has 23 heavy (non-hydrogen) atoms. The van der Waals surface area contributed by atoms with Crippen LogP contribution in [0.3, 0.4) is 0 Å². The van der Waals surface area contributed by atoms with Gasteiger partial charge in [0.1, 0.15) is 18.1 Å². The number of carbonyl (C=O) groups is 2. The molecule has 1 amide bonds. The molecule has 6 nitrogen and oxygen atoms in total. The van der Waals surface area contributed by atoms with Crippen LogP contribution in [0, 0.1) is 6.92 Å². The van der Waals surface area contributed by atoms with Crippen molar-refractivity contribution in [3.05, 3.63) is 54.0 Å². The molecular weight excluding hydrogens is 298 g/mol. The Bertz CT molecular complexity index is 679. The molecule has 0 saturated carbocycles. The smallest absolute Gasteiger partial charge is 0.334 e. The number of nitrogens with one attached hydrogen (secondary N) is 1. The molecule has 1 atom stereocenters. The van der Waals surface area contributed by atoms with Gasteiger partial charge >= 0.3 is 5.97 Å². The van der Waals surface area contributed by atoms with Gasteiger partial charge in [-0.3, -0.25) is 4.79 Å². The number of hydrogen-bond donors (Lipinski definition) is 1. The third-order valence-corrected chi connectivity index (χ3v) is 3.40. The van der Waals surface area contributed by atoms with Crippen LogP contribution < -0.4 is 10.1 Å². The zero-order valence-electron chi connectivity index (χ0n) is 13.3. The van der Waals surface area contributed by atoms with Crippen LogP contribution in [0.2, 0.25) is 0 Å². The van der Waals surface area contributed by atoms with Gasteiger partial charge in [-0.15, -0.1) is 0 Å². The molecule has 0 aliphatic heterocycles. The van der Waals surface area contributed by atoms with Crippen LogP contribution in [-0.2, 0) is 9.53 Å². The number of esters is 1. The fourth-order valence-corrected chi connectivity index (χ4v) is 2.05. The van der Waals surface area contributed by atoms with E-state index >= 15 is 0 Å². The van der Waals surface area contributed by atoms with E-state index in [0.29, 0.717) is 17.1 Å². The highest BCUT2D eigenvalue weighted by Crippen LogP contribution is 2.16. The first-order chi connectivity index (χ1) is 11.0. The maximum Gasteiger partial charge on any atom is 0.334 e. The lowest BCUT2D eigenvalue weighted by molar-refractivity contribution is -0.148. The Morgan fingerprint density at radius 3 is 2.48 bits per heavy atom. The second kappa shape index (κ2) is 7.00. The first kappa shape index (κ1) is 16.6. The standard InChI is InChI=1S/C17H19NO5/c1-12-14(9-10-22-12)15(19)18-17(2,16(20)21-3)11-23-13-7-5-4-6-8-13/h4-10H,11H2,1-3H3,(H,18,19)/t17-/m1/s1. The molecule has 0 bridgehead atoms. The fraction of sp³-hybridized carbons (Fsp3) is 0.294. The molecule has 0 radical (unpaired) electrons. The number of carbonyl (C=O) groups excluding carboxylic acids is 2. The summed E-state index contributed by atoms with van der Waals surface area (Å²) in [6, 6.07) is 10.6. The van der Waals surface area contributed by atoms with Crippen molar-refractivity contribution in [2.75, 3.05) is 13.7 Å². The number of ether oxygens (including phenoxy) is 2. The number of hydrogen-bond acceptors (Lipinski definition) is 5. The van der Waals surface area contributed by atoms with Gasteiger partial charge < -0.3 is 19.2 Å². The van der Waals surface area contributed by atoms with E-state index < -0.39 is 17.4 Å². The minimum absolute atomic E-state index is 0.0632. The van der Waals surface area contributed by atoms with Crippen molar-refractivity contribution >= 4 is 11.9 Å². The van der Waals surface area contributed by atoms with Gasteiger partial charge in [-0.1, -0.05) is 18.2 Å². The van der Waals surface area contributed by atoms with Crippen LogP contribution in [-0.4, -0.2) is 31.1 Å². The summed E-state index contributed by atoms with van der Waals surface area (Å²) in [6.07, 6.45) is 1.42. The molecule has 1 aromatic carbocycles. The Morgan fingerprint density at radius 2 is 1.91 bits per heavy atom. The van der Waals surface area contributed by atoms with Crippen molar-refractivity contribution in [3.63, 3.8) is 0 Å². The number of para-hydroxylation sites is 1. The first-order valence-electron chi connectivity index (χ1n) is 7.09. The Kier molecular flexibility index (Phi) is 5.05. The minimum Gasteiger partial charge on any atom is -0.491 e. The lowest BCUT2D eigenvalue weighted by Crippen LogP contribution is -2.56. The van der Waals surface area contributed by atoms with Gasteiger partial charge in [-0.2, -0.15) is 0 Å². The zero-order valence-corrected chi connectivity index (χ0v) is 13.3. The van der Waals surface area contributed by atoms with Gasteiger partial charge in [0.2, 0.25) is 0 Å². The Balaban J connectivity index is 2.13. The SMILES string of the molecule is COC(=O)[C@@](C)(COc1ccccc1)NC(=O)c1ccoc1C. The highest BCUT2D eigenvalue weighted by atomic mass is 16.5. The van der Waals surface area contributed by atoms with E-state index in [2.05, 4.69) is 5.32 Å². The number of furan rings is 1. The van der Waals surface area contributed by atoms with Crippen LogP contribution in [0.5, 0.6) is 5.75 Å². The van der Waals surface area contributed by atoms with Gasteiger partial charge in [0.25, 0.3) is 5.91 Å². The van der Waals surface area contributed by atoms with Crippen molar-refractivity contribution in [2.45, 2.75) is 19.4 Å². The maximum absolute atomic E-state index is 12.3. The van der Waals surface area contributed by atoms with E-state index in [1.54, 1.807) is 32.0 Å². The second-order valence-corrected chi connectivity index (χ2v) is 5.27. The van der Waals surface area contributed by atoms with Crippen LogP contribution in [0.1, 0.15) is 23.0 Å². The molecule has 2 rings (SSSR count). The topological polar surface area (TPSA) is 77.8 Å². The van der Waals surface area contributed by atoms with Crippen molar-refractivity contribution in [1.29, 1.82) is 0 Å². The number of amides is 1. The summed E-state index contributed by atoms with van der Waals surface area (Å²) in [7, 11) is 1.26. The van der Waals surface area contributed by atoms with Crippen molar-refractivity contribution in [2.24, 2.45) is 0 Å². The predicted octanol–water partition coefficient (Wildman–Crippen LogP) is 2.33. The summed E-state index contributed by atoms with van der Waals surface area (Å²) in [6.45, 7) is 3.16. The quantitative estimate of drug-likeness (QED) is 0.827. The second-order valence-electron chi connectivity index (χ2n) is 5.27. The van der Waals surface area contributed by atoms with Crippen LogP contribution in [0.15, 0.2) is 47.1 Å². The highest BCUT2D eigenvalue weighted by Gasteiger charge is 2.38. The summed E-state index contributed by atoms with van der Waals surface area (Å²) < 4.78 is 15.5. The molecule has 1 aromatic heterocycles. The molecule has 0 saturated heterocycles. The molecule has 0 spiro atoms. The zero-order chi connectivity index (χ0) is 16.9. The largest absolute Gasteiger partial charge is 0.491 e. The van der Waals surface area contributed by atoms with E-state index in [9.17, 15) is 9.59 Å². The van der Waals surface area contributed by atoms with Crippen molar-refractivity contribution in [3.8, 4) is 5.75 Å². The molecule has 2 aromatic rings. The van der Waals surface area contributed by atoms with E-state index in [1.807, 2.05) is 18.2 Å². The molecule has 0 aliphatic rings. The van der Waals surface area contributed by atoms with E-state index in [4.69, 9.17) is 13.9 Å². The number of benzene rings is 1. The molecular formula is C17H19NO5. The maximum atomic E-state index is 12.3. The number of rotatable bonds is 6. The van der Waals surface area contributed by atoms with Gasteiger partial charge in [-0.05, 0) is 32.0 Å². The molecule has 0 unspecified atom stereocenters. The van der Waals surface area contributed by atoms with Crippen molar-refractivity contribution in [1.82, 2.24) is 5.32 Å². The molecule has 1 N–H and O–H groups in total. The lowest BCUT2D eigenvalue weighted by Gasteiger charge is -2.27. The van der Waals surface area contributed by atoms with Crippen LogP contribution >= 0.6 is 0 Å². The molecule has 6 heteroatoms. The number of methoxy groups -OCH3 is 1. The highest BCUT2D eigenvalue weighted by molar-refractivity contribution is 5.98. The predicted molar refractivity (Wildman–Crippen MR) is 83.3 cm³/mol. The molecule has 0 fully saturated rings. The van der Waals surface area contributed by atoms with E-state index in [-0.39, 0.29) is 6.61 Å². The Labute approximate surface area is 134 Å². The van der Waals surface area contributed by atoms with Gasteiger partial charge in [-0.25, -0.2) is 4.79 Å². The average molecular weight is 317 g/mol. The summed E-state index contributed by atoms with van der Waals surface area (Å²) in [5.74, 6) is 0.0406. The summed E-state index contributed by atoms with van der Waals surface area (Å²) >= 11 is 0. The van der Waals surface area contributed by atoms with Gasteiger partial charge in [0.05, 0.1) is 18.9 Å². The minimum atomic E-state index is -1.33. The summed E-state index contributed by atoms with van der Waals surface area (Å²) in [4.78, 5) is 24.4. The van der Waals surface area contributed by atoms with Crippen LogP contribution in [0.4, 0.5) is 0 Å². The molecule has 122 valence electrons. The molecule has 1 heterocycles. The monoisotopic (exact) mass is 317 g/mol. The average Bonchev–Trinajstić information content (AvgIpc) is 2.99. The van der Waals surface area contributed by atoms with E-state index in [1.165, 1.54) is 13.4 Å². The van der Waals surface area contributed by atoms with Crippen molar-refractivity contribution < 1.29 is 23.5 Å². The van der Waals surface area contributed by atoms with E-state index in [0.717, 1.165) is 0 Å². The fourth-order valence-electron chi connectivity index (χ4n) is 2.05.